The molecule has 0 spiro atoms. The summed E-state index contributed by atoms with van der Waals surface area (Å²) in [4.78, 5) is 0. The van der Waals surface area contributed by atoms with Crippen LogP contribution in [0.3, 0.4) is 0 Å². The van der Waals surface area contributed by atoms with E-state index >= 15 is 0 Å². The summed E-state index contributed by atoms with van der Waals surface area (Å²) in [5, 5.41) is 4.34. The van der Waals surface area contributed by atoms with Crippen LogP contribution in [0.1, 0.15) is 31.2 Å². The Hall–Kier alpha value is -0.990. The van der Waals surface area contributed by atoms with Gasteiger partial charge in [0, 0.05) is 0 Å². The number of hydrogen-bond acceptors (Lipinski definition) is 1. The Morgan fingerprint density at radius 1 is 0.571 bits per heavy atom. The molecular weight excluding hydrogens is 493 g/mol. The van der Waals surface area contributed by atoms with Crippen LogP contribution in [-0.2, 0) is 6.42 Å². The molecule has 0 unspecified atom stereocenters. The van der Waals surface area contributed by atoms with Crippen molar-refractivity contribution in [3.05, 3.63) is 90.5 Å². The van der Waals surface area contributed by atoms with Gasteiger partial charge in [-0.15, -0.1) is 34.0 Å². The van der Waals surface area contributed by atoms with Gasteiger partial charge >= 0.3 is 0 Å². The van der Waals surface area contributed by atoms with Gasteiger partial charge < -0.3 is 5.73 Å². The monoisotopic (exact) mass is 521 g/mol. The molecule has 0 aliphatic heterocycles. The lowest BCUT2D eigenvalue weighted by Gasteiger charge is -2.22. The molecule has 2 N–H and O–H groups in total. The van der Waals surface area contributed by atoms with Crippen molar-refractivity contribution in [3.63, 3.8) is 0 Å². The normalized spacial score (nSPS) is 10.2. The Morgan fingerprint density at radius 2 is 1.07 bits per heavy atom. The summed E-state index contributed by atoms with van der Waals surface area (Å²) in [6.45, 7) is 0.809. The van der Waals surface area contributed by atoms with Crippen LogP contribution >= 0.6 is 41.9 Å². The number of halogens is 2. The first kappa shape index (κ1) is 25.0. The molecule has 0 bridgehead atoms. The molecule has 0 fully saturated rings. The summed E-state index contributed by atoms with van der Waals surface area (Å²) in [7, 11) is -0.514. The number of hydrogen-bond donors (Lipinski definition) is 1. The molecule has 4 heteroatoms. The maximum absolute atomic E-state index is 5.62. The zero-order chi connectivity index (χ0) is 18.0. The van der Waals surface area contributed by atoms with Crippen LogP contribution in [0.25, 0.3) is 0 Å². The van der Waals surface area contributed by atoms with Crippen LogP contribution in [0.5, 0.6) is 0 Å². The van der Waals surface area contributed by atoms with Crippen LogP contribution in [-0.4, -0.2) is 6.54 Å². The molecule has 0 atom stereocenters. The molecular formula is C24H30Br2NP. The van der Waals surface area contributed by atoms with Gasteiger partial charge in [0.25, 0.3) is 0 Å². The maximum atomic E-state index is 5.62. The standard InChI is InChI=1S/C24H28NP.2BrH/c25-20-12-2-1-5-13-21-14-10-11-19-24(21)26(22-15-6-3-7-16-22)23-17-8-4-9-18-23;;/h3-4,6-11,14-19H,1-2,5,12-13,20,25H2;2*1H. The first-order valence-corrected chi connectivity index (χ1v) is 10.9. The molecule has 1 nitrogen and oxygen atoms in total. The zero-order valence-corrected chi connectivity index (χ0v) is 20.5. The average Bonchev–Trinajstić information content (AvgIpc) is 2.71. The van der Waals surface area contributed by atoms with Crippen LogP contribution in [0.4, 0.5) is 0 Å². The zero-order valence-electron chi connectivity index (χ0n) is 16.2. The summed E-state index contributed by atoms with van der Waals surface area (Å²) in [5.41, 5.74) is 7.12. The molecule has 0 aliphatic carbocycles. The second-order valence-electron chi connectivity index (χ2n) is 6.59. The number of rotatable bonds is 9. The lowest BCUT2D eigenvalue weighted by molar-refractivity contribution is 0.647. The lowest BCUT2D eigenvalue weighted by Crippen LogP contribution is -2.23. The third kappa shape index (κ3) is 7.12. The van der Waals surface area contributed by atoms with Crippen molar-refractivity contribution in [2.24, 2.45) is 5.73 Å². The molecule has 0 amide bonds. The smallest absolute Gasteiger partial charge is 0.00773 e. The van der Waals surface area contributed by atoms with Crippen LogP contribution < -0.4 is 21.6 Å². The highest BCUT2D eigenvalue weighted by Gasteiger charge is 2.18. The molecule has 0 aromatic heterocycles. The first-order valence-electron chi connectivity index (χ1n) is 9.58. The van der Waals surface area contributed by atoms with Gasteiger partial charge in [-0.1, -0.05) is 97.8 Å². The summed E-state index contributed by atoms with van der Waals surface area (Å²) in [6.07, 6.45) is 6.04. The van der Waals surface area contributed by atoms with Gasteiger partial charge in [-0.3, -0.25) is 0 Å². The Bertz CT molecular complexity index is 741. The van der Waals surface area contributed by atoms with Gasteiger partial charge in [-0.25, -0.2) is 0 Å². The molecule has 28 heavy (non-hydrogen) atoms. The molecule has 0 saturated carbocycles. The topological polar surface area (TPSA) is 26.0 Å². The fourth-order valence-corrected chi connectivity index (χ4v) is 5.84. The van der Waals surface area contributed by atoms with E-state index in [0.717, 1.165) is 19.4 Å². The number of benzene rings is 3. The van der Waals surface area contributed by atoms with Crippen molar-refractivity contribution >= 4 is 57.8 Å². The second kappa shape index (κ2) is 14.1. The minimum Gasteiger partial charge on any atom is -0.330 e. The van der Waals surface area contributed by atoms with Crippen molar-refractivity contribution in [2.75, 3.05) is 6.54 Å². The predicted octanol–water partition coefficient (Wildman–Crippen LogP) is 5.66. The largest absolute Gasteiger partial charge is 0.330 e. The Labute approximate surface area is 192 Å². The van der Waals surface area contributed by atoms with Gasteiger partial charge in [0.15, 0.2) is 0 Å². The summed E-state index contributed by atoms with van der Waals surface area (Å²) in [6, 6.07) is 31.0. The maximum Gasteiger partial charge on any atom is -0.00773 e. The fourth-order valence-electron chi connectivity index (χ4n) is 3.34. The highest BCUT2D eigenvalue weighted by Crippen LogP contribution is 2.34. The molecule has 0 heterocycles. The predicted molar refractivity (Wildman–Crippen MR) is 137 cm³/mol. The number of aryl methyl sites for hydroxylation is 1. The molecule has 0 aliphatic rings. The van der Waals surface area contributed by atoms with Crippen molar-refractivity contribution in [1.29, 1.82) is 0 Å². The van der Waals surface area contributed by atoms with E-state index in [4.69, 9.17) is 5.73 Å². The van der Waals surface area contributed by atoms with Crippen molar-refractivity contribution in [3.8, 4) is 0 Å². The second-order valence-corrected chi connectivity index (χ2v) is 8.77. The fraction of sp³-hybridized carbons (Fsp3) is 0.250. The molecule has 150 valence electrons. The first-order chi connectivity index (χ1) is 12.9. The van der Waals surface area contributed by atoms with E-state index in [0.29, 0.717) is 0 Å². The minimum absolute atomic E-state index is 0. The molecule has 3 aromatic carbocycles. The van der Waals surface area contributed by atoms with E-state index < -0.39 is 7.92 Å². The quantitative estimate of drug-likeness (QED) is 0.284. The van der Waals surface area contributed by atoms with E-state index in [-0.39, 0.29) is 34.0 Å². The lowest BCUT2D eigenvalue weighted by atomic mass is 10.1. The Morgan fingerprint density at radius 3 is 1.64 bits per heavy atom. The summed E-state index contributed by atoms with van der Waals surface area (Å²) in [5.74, 6) is 0. The van der Waals surface area contributed by atoms with Gasteiger partial charge in [0.05, 0.1) is 0 Å². The van der Waals surface area contributed by atoms with E-state index in [9.17, 15) is 0 Å². The van der Waals surface area contributed by atoms with E-state index in [2.05, 4.69) is 84.9 Å². The number of nitrogens with two attached hydrogens (primary N) is 1. The molecule has 3 rings (SSSR count). The van der Waals surface area contributed by atoms with E-state index in [1.54, 1.807) is 0 Å². The van der Waals surface area contributed by atoms with Gasteiger partial charge in [-0.05, 0) is 55.2 Å². The van der Waals surface area contributed by atoms with E-state index in [1.165, 1.54) is 40.7 Å². The molecule has 0 radical (unpaired) electrons. The highest BCUT2D eigenvalue weighted by molar-refractivity contribution is 8.93. The van der Waals surface area contributed by atoms with Crippen LogP contribution in [0, 0.1) is 0 Å². The Balaban J connectivity index is 0.00000196. The highest BCUT2D eigenvalue weighted by atomic mass is 79.9. The average molecular weight is 523 g/mol. The summed E-state index contributed by atoms with van der Waals surface area (Å²) < 4.78 is 0. The Kier molecular flexibility index (Phi) is 12.6. The third-order valence-corrected chi connectivity index (χ3v) is 7.21. The van der Waals surface area contributed by atoms with E-state index in [1.807, 2.05) is 0 Å². The molecule has 3 aromatic rings. The SMILES string of the molecule is Br.Br.NCCCCCCc1ccccc1P(c1ccccc1)c1ccccc1. The van der Waals surface area contributed by atoms with Crippen molar-refractivity contribution in [2.45, 2.75) is 32.1 Å². The third-order valence-electron chi connectivity index (χ3n) is 4.66. The molecule has 0 saturated heterocycles. The van der Waals surface area contributed by atoms with Crippen LogP contribution in [0.2, 0.25) is 0 Å². The van der Waals surface area contributed by atoms with Crippen LogP contribution in [0.15, 0.2) is 84.9 Å². The van der Waals surface area contributed by atoms with Crippen molar-refractivity contribution in [1.82, 2.24) is 0 Å². The van der Waals surface area contributed by atoms with Gasteiger partial charge in [-0.2, -0.15) is 0 Å². The summed E-state index contributed by atoms with van der Waals surface area (Å²) >= 11 is 0. The number of unbranched alkanes of at least 4 members (excludes halogenated alkanes) is 3. The van der Waals surface area contributed by atoms with Crippen molar-refractivity contribution < 1.29 is 0 Å². The van der Waals surface area contributed by atoms with Gasteiger partial charge in [0.1, 0.15) is 0 Å². The minimum atomic E-state index is -0.514. The van der Waals surface area contributed by atoms with Gasteiger partial charge in [0.2, 0.25) is 0 Å².